The number of hydrogen-bond donors (Lipinski definition) is 1. The summed E-state index contributed by atoms with van der Waals surface area (Å²) >= 11 is 12.0. The lowest BCUT2D eigenvalue weighted by Gasteiger charge is -2.09. The predicted octanol–water partition coefficient (Wildman–Crippen LogP) is 5.40. The molecule has 0 atom stereocenters. The Morgan fingerprint density at radius 3 is 2.50 bits per heavy atom. The summed E-state index contributed by atoms with van der Waals surface area (Å²) < 4.78 is 27.5. The van der Waals surface area contributed by atoms with Crippen LogP contribution in [0.4, 0.5) is 14.5 Å². The zero-order chi connectivity index (χ0) is 14.9. The highest BCUT2D eigenvalue weighted by molar-refractivity contribution is 9.10. The van der Waals surface area contributed by atoms with E-state index in [9.17, 15) is 13.6 Å². The SMILES string of the molecule is O=C(Nc1cc(F)c(Br)cc1F)c1cccc(Br)c1Cl. The van der Waals surface area contributed by atoms with Crippen LogP contribution >= 0.6 is 43.5 Å². The molecule has 104 valence electrons. The fraction of sp³-hybridized carbons (Fsp3) is 0. The number of rotatable bonds is 2. The molecule has 0 radical (unpaired) electrons. The number of carbonyl (C=O) groups excluding carboxylic acids is 1. The van der Waals surface area contributed by atoms with Crippen LogP contribution in [0.15, 0.2) is 39.3 Å². The molecular formula is C13H6Br2ClF2NO. The fourth-order valence-corrected chi connectivity index (χ4v) is 2.38. The van der Waals surface area contributed by atoms with Gasteiger partial charge in [-0.05, 0) is 50.1 Å². The minimum Gasteiger partial charge on any atom is -0.319 e. The van der Waals surface area contributed by atoms with E-state index in [0.717, 1.165) is 12.1 Å². The van der Waals surface area contributed by atoms with Crippen LogP contribution in [-0.2, 0) is 0 Å². The molecule has 2 rings (SSSR count). The van der Waals surface area contributed by atoms with Gasteiger partial charge in [-0.15, -0.1) is 0 Å². The molecule has 2 aromatic carbocycles. The van der Waals surface area contributed by atoms with Gasteiger partial charge in [0.1, 0.15) is 11.6 Å². The van der Waals surface area contributed by atoms with Crippen molar-refractivity contribution in [2.75, 3.05) is 5.32 Å². The Morgan fingerprint density at radius 1 is 1.10 bits per heavy atom. The molecule has 0 bridgehead atoms. The van der Waals surface area contributed by atoms with Crippen LogP contribution in [0.2, 0.25) is 5.02 Å². The molecule has 2 aromatic rings. The maximum absolute atomic E-state index is 13.6. The lowest BCUT2D eigenvalue weighted by Crippen LogP contribution is -2.14. The topological polar surface area (TPSA) is 29.1 Å². The molecule has 0 saturated carbocycles. The summed E-state index contributed by atoms with van der Waals surface area (Å²) in [6, 6.07) is 6.59. The minimum atomic E-state index is -0.752. The van der Waals surface area contributed by atoms with E-state index in [1.807, 2.05) is 0 Å². The van der Waals surface area contributed by atoms with Gasteiger partial charge in [0.05, 0.1) is 20.7 Å². The number of halogens is 5. The maximum atomic E-state index is 13.6. The Kier molecular flexibility index (Phi) is 4.78. The Labute approximate surface area is 135 Å². The van der Waals surface area contributed by atoms with Gasteiger partial charge in [-0.3, -0.25) is 4.79 Å². The molecule has 0 aliphatic rings. The number of carbonyl (C=O) groups is 1. The van der Waals surface area contributed by atoms with Gasteiger partial charge in [-0.1, -0.05) is 17.7 Å². The lowest BCUT2D eigenvalue weighted by atomic mass is 10.2. The van der Waals surface area contributed by atoms with E-state index in [1.165, 1.54) is 6.07 Å². The molecule has 0 aliphatic carbocycles. The van der Waals surface area contributed by atoms with Crippen LogP contribution in [0, 0.1) is 11.6 Å². The van der Waals surface area contributed by atoms with Crippen molar-refractivity contribution in [3.8, 4) is 0 Å². The van der Waals surface area contributed by atoms with Gasteiger partial charge in [0.25, 0.3) is 5.91 Å². The van der Waals surface area contributed by atoms with Gasteiger partial charge in [-0.2, -0.15) is 0 Å². The first-order valence-electron chi connectivity index (χ1n) is 5.30. The van der Waals surface area contributed by atoms with Crippen LogP contribution < -0.4 is 5.32 Å². The van der Waals surface area contributed by atoms with Crippen molar-refractivity contribution in [2.45, 2.75) is 0 Å². The van der Waals surface area contributed by atoms with Gasteiger partial charge < -0.3 is 5.32 Å². The van der Waals surface area contributed by atoms with Crippen molar-refractivity contribution in [3.63, 3.8) is 0 Å². The van der Waals surface area contributed by atoms with Crippen LogP contribution in [0.25, 0.3) is 0 Å². The Morgan fingerprint density at radius 2 is 1.80 bits per heavy atom. The Hall–Kier alpha value is -0.980. The third kappa shape index (κ3) is 3.19. The van der Waals surface area contributed by atoms with Crippen molar-refractivity contribution in [1.29, 1.82) is 0 Å². The molecule has 2 nitrogen and oxygen atoms in total. The van der Waals surface area contributed by atoms with E-state index in [-0.39, 0.29) is 20.7 Å². The van der Waals surface area contributed by atoms with Crippen LogP contribution in [-0.4, -0.2) is 5.91 Å². The molecule has 1 N–H and O–H groups in total. The van der Waals surface area contributed by atoms with E-state index >= 15 is 0 Å². The Bertz CT molecular complexity index is 694. The average Bonchev–Trinajstić information content (AvgIpc) is 2.39. The lowest BCUT2D eigenvalue weighted by molar-refractivity contribution is 0.102. The van der Waals surface area contributed by atoms with Crippen molar-refractivity contribution in [1.82, 2.24) is 0 Å². The number of benzene rings is 2. The van der Waals surface area contributed by atoms with Gasteiger partial charge in [0.2, 0.25) is 0 Å². The second kappa shape index (κ2) is 6.20. The smallest absolute Gasteiger partial charge is 0.257 e. The number of hydrogen-bond acceptors (Lipinski definition) is 1. The third-order valence-corrected chi connectivity index (χ3v) is 4.36. The summed E-state index contributed by atoms with van der Waals surface area (Å²) in [7, 11) is 0. The fourth-order valence-electron chi connectivity index (χ4n) is 1.49. The second-order valence-corrected chi connectivity index (χ2v) is 5.89. The largest absolute Gasteiger partial charge is 0.319 e. The Balaban J connectivity index is 2.33. The molecule has 0 saturated heterocycles. The quantitative estimate of drug-likeness (QED) is 0.642. The monoisotopic (exact) mass is 423 g/mol. The summed E-state index contributed by atoms with van der Waals surface area (Å²) in [5.74, 6) is -2.06. The number of anilines is 1. The summed E-state index contributed by atoms with van der Waals surface area (Å²) in [6.45, 7) is 0. The molecule has 0 aromatic heterocycles. The standard InChI is InChI=1S/C13H6Br2ClF2NO/c14-7-3-1-2-6(12(7)16)13(20)19-11-5-9(17)8(15)4-10(11)18/h1-5H,(H,19,20). The zero-order valence-electron chi connectivity index (χ0n) is 9.68. The summed E-state index contributed by atoms with van der Waals surface area (Å²) in [5, 5.41) is 2.48. The first kappa shape index (κ1) is 15.4. The minimum absolute atomic E-state index is 0.0199. The highest BCUT2D eigenvalue weighted by atomic mass is 79.9. The maximum Gasteiger partial charge on any atom is 0.257 e. The molecule has 0 fully saturated rings. The zero-order valence-corrected chi connectivity index (χ0v) is 13.6. The summed E-state index contributed by atoms with van der Waals surface area (Å²) in [5.41, 5.74) is -0.101. The molecule has 0 unspecified atom stereocenters. The van der Waals surface area contributed by atoms with Crippen molar-refractivity contribution in [2.24, 2.45) is 0 Å². The van der Waals surface area contributed by atoms with E-state index in [2.05, 4.69) is 37.2 Å². The molecule has 0 aliphatic heterocycles. The molecule has 20 heavy (non-hydrogen) atoms. The molecule has 1 amide bonds. The first-order chi connectivity index (χ1) is 9.40. The van der Waals surface area contributed by atoms with E-state index in [1.54, 1.807) is 12.1 Å². The summed E-state index contributed by atoms with van der Waals surface area (Å²) in [4.78, 5) is 12.0. The van der Waals surface area contributed by atoms with Gasteiger partial charge in [0, 0.05) is 10.5 Å². The third-order valence-electron chi connectivity index (χ3n) is 2.45. The van der Waals surface area contributed by atoms with Crippen LogP contribution in [0.5, 0.6) is 0 Å². The highest BCUT2D eigenvalue weighted by Gasteiger charge is 2.15. The molecule has 0 spiro atoms. The van der Waals surface area contributed by atoms with Gasteiger partial charge in [0.15, 0.2) is 0 Å². The number of nitrogens with one attached hydrogen (secondary N) is 1. The van der Waals surface area contributed by atoms with E-state index in [0.29, 0.717) is 4.47 Å². The summed E-state index contributed by atoms with van der Waals surface area (Å²) in [6.07, 6.45) is 0. The second-order valence-electron chi connectivity index (χ2n) is 3.80. The van der Waals surface area contributed by atoms with Crippen molar-refractivity contribution >= 4 is 55.1 Å². The average molecular weight is 425 g/mol. The van der Waals surface area contributed by atoms with Gasteiger partial charge >= 0.3 is 0 Å². The van der Waals surface area contributed by atoms with E-state index < -0.39 is 17.5 Å². The highest BCUT2D eigenvalue weighted by Crippen LogP contribution is 2.28. The predicted molar refractivity (Wildman–Crippen MR) is 81.2 cm³/mol. The normalized spacial score (nSPS) is 10.4. The van der Waals surface area contributed by atoms with Crippen molar-refractivity contribution in [3.05, 3.63) is 61.5 Å². The first-order valence-corrected chi connectivity index (χ1v) is 7.26. The van der Waals surface area contributed by atoms with Crippen LogP contribution in [0.3, 0.4) is 0 Å². The van der Waals surface area contributed by atoms with Crippen molar-refractivity contribution < 1.29 is 13.6 Å². The molecule has 0 heterocycles. The molecule has 7 heteroatoms. The number of amides is 1. The van der Waals surface area contributed by atoms with Gasteiger partial charge in [-0.25, -0.2) is 8.78 Å². The molecular weight excluding hydrogens is 419 g/mol. The van der Waals surface area contributed by atoms with Crippen LogP contribution in [0.1, 0.15) is 10.4 Å². The van der Waals surface area contributed by atoms with E-state index in [4.69, 9.17) is 11.6 Å².